The molecule has 3 rings (SSSR count). The lowest BCUT2D eigenvalue weighted by molar-refractivity contribution is -0.120. The van der Waals surface area contributed by atoms with E-state index in [2.05, 4.69) is 28.1 Å². The zero-order chi connectivity index (χ0) is 18.6. The van der Waals surface area contributed by atoms with Crippen molar-refractivity contribution in [3.8, 4) is 0 Å². The third-order valence-electron chi connectivity index (χ3n) is 5.28. The summed E-state index contributed by atoms with van der Waals surface area (Å²) in [6.45, 7) is 4.51. The topological polar surface area (TPSA) is 58.2 Å². The highest BCUT2D eigenvalue weighted by Gasteiger charge is 2.36. The summed E-state index contributed by atoms with van der Waals surface area (Å²) < 4.78 is 0. The highest BCUT2D eigenvalue weighted by atomic mass is 32.1. The Bertz CT molecular complexity index is 777. The van der Waals surface area contributed by atoms with Gasteiger partial charge >= 0.3 is 0 Å². The van der Waals surface area contributed by atoms with Crippen LogP contribution in [0.4, 0.5) is 0 Å². The minimum absolute atomic E-state index is 0.00668. The average molecular weight is 371 g/mol. The third kappa shape index (κ3) is 4.15. The molecule has 0 spiro atoms. The number of carbonyl (C=O) groups excluding carboxylic acids is 2. The van der Waals surface area contributed by atoms with E-state index in [0.717, 1.165) is 24.0 Å². The predicted octanol–water partition coefficient (Wildman–Crippen LogP) is 3.72. The minimum Gasteiger partial charge on any atom is -0.354 e. The van der Waals surface area contributed by atoms with Gasteiger partial charge in [0.05, 0.1) is 6.54 Å². The number of hydrogen-bond acceptors (Lipinski definition) is 3. The van der Waals surface area contributed by atoms with Gasteiger partial charge in [0.1, 0.15) is 0 Å². The molecule has 1 saturated carbocycles. The van der Waals surface area contributed by atoms with Gasteiger partial charge in [-0.3, -0.25) is 9.59 Å². The van der Waals surface area contributed by atoms with Gasteiger partial charge in [-0.15, -0.1) is 11.3 Å². The van der Waals surface area contributed by atoms with E-state index in [0.29, 0.717) is 12.1 Å². The molecule has 1 aromatic heterocycles. The summed E-state index contributed by atoms with van der Waals surface area (Å²) in [5, 5.41) is 7.88. The minimum atomic E-state index is -0.199. The van der Waals surface area contributed by atoms with Crippen LogP contribution in [0.5, 0.6) is 0 Å². The van der Waals surface area contributed by atoms with Crippen molar-refractivity contribution in [1.29, 1.82) is 0 Å². The van der Waals surface area contributed by atoms with Gasteiger partial charge in [0.15, 0.2) is 0 Å². The molecule has 0 aliphatic heterocycles. The maximum Gasteiger partial charge on any atom is 0.251 e. The van der Waals surface area contributed by atoms with Crippen molar-refractivity contribution >= 4 is 23.2 Å². The van der Waals surface area contributed by atoms with Crippen LogP contribution in [0.2, 0.25) is 0 Å². The molecule has 0 saturated heterocycles. The number of benzene rings is 1. The van der Waals surface area contributed by atoms with E-state index >= 15 is 0 Å². The van der Waals surface area contributed by atoms with E-state index in [9.17, 15) is 9.59 Å². The average Bonchev–Trinajstić information content (AvgIpc) is 3.32. The highest BCUT2D eigenvalue weighted by Crippen LogP contribution is 2.42. The number of nitrogens with one attached hydrogen (secondary N) is 2. The number of hydrogen-bond donors (Lipinski definition) is 2. The molecule has 0 unspecified atom stereocenters. The Morgan fingerprint density at radius 3 is 2.58 bits per heavy atom. The first-order valence-electron chi connectivity index (χ1n) is 9.16. The first-order chi connectivity index (χ1) is 12.5. The molecule has 4 nitrogen and oxygen atoms in total. The van der Waals surface area contributed by atoms with Crippen molar-refractivity contribution in [3.05, 3.63) is 57.3 Å². The maximum atomic E-state index is 12.3. The number of amides is 2. The van der Waals surface area contributed by atoms with Crippen LogP contribution in [0, 0.1) is 13.8 Å². The molecule has 0 radical (unpaired) electrons. The van der Waals surface area contributed by atoms with Crippen LogP contribution in [0.15, 0.2) is 35.7 Å². The van der Waals surface area contributed by atoms with Crippen molar-refractivity contribution in [2.45, 2.75) is 44.9 Å². The van der Waals surface area contributed by atoms with E-state index in [4.69, 9.17) is 0 Å². The lowest BCUT2D eigenvalue weighted by Crippen LogP contribution is -2.43. The first-order valence-corrected chi connectivity index (χ1v) is 10.0. The molecule has 138 valence electrons. The van der Waals surface area contributed by atoms with Crippen LogP contribution in [-0.2, 0) is 10.2 Å². The standard InChI is InChI=1S/C21H26N2O2S/c1-15-7-8-16(2)17(12-15)20(25)22-13-19(24)23-14-21(9-3-4-10-21)18-6-5-11-26-18/h5-8,11-12H,3-4,9-10,13-14H2,1-2H3,(H,22,25)(H,23,24). The molecule has 1 aliphatic carbocycles. The van der Waals surface area contributed by atoms with Gasteiger partial charge in [0.25, 0.3) is 5.91 Å². The van der Waals surface area contributed by atoms with Gasteiger partial charge in [-0.25, -0.2) is 0 Å². The SMILES string of the molecule is Cc1ccc(C)c(C(=O)NCC(=O)NCC2(c3cccs3)CCCC2)c1. The van der Waals surface area contributed by atoms with Gasteiger partial charge in [0.2, 0.25) is 5.91 Å². The fourth-order valence-electron chi connectivity index (χ4n) is 3.71. The summed E-state index contributed by atoms with van der Waals surface area (Å²) in [4.78, 5) is 26.0. The summed E-state index contributed by atoms with van der Waals surface area (Å²) in [5.74, 6) is -0.332. The van der Waals surface area contributed by atoms with Gasteiger partial charge in [-0.1, -0.05) is 36.6 Å². The Hall–Kier alpha value is -2.14. The van der Waals surface area contributed by atoms with Gasteiger partial charge < -0.3 is 10.6 Å². The van der Waals surface area contributed by atoms with Crippen LogP contribution in [0.1, 0.15) is 52.0 Å². The molecule has 26 heavy (non-hydrogen) atoms. The van der Waals surface area contributed by atoms with Gasteiger partial charge in [-0.2, -0.15) is 0 Å². The zero-order valence-electron chi connectivity index (χ0n) is 15.4. The second-order valence-corrected chi connectivity index (χ2v) is 8.19. The number of thiophene rings is 1. The number of carbonyl (C=O) groups is 2. The molecule has 2 aromatic rings. The Labute approximate surface area is 159 Å². The van der Waals surface area contributed by atoms with Crippen molar-refractivity contribution in [3.63, 3.8) is 0 Å². The summed E-state index contributed by atoms with van der Waals surface area (Å²) in [7, 11) is 0. The van der Waals surface area contributed by atoms with Crippen molar-refractivity contribution in [1.82, 2.24) is 10.6 Å². The molecule has 0 atom stereocenters. The monoisotopic (exact) mass is 370 g/mol. The van der Waals surface area contributed by atoms with Crippen LogP contribution >= 0.6 is 11.3 Å². The molecule has 2 N–H and O–H groups in total. The van der Waals surface area contributed by atoms with Crippen LogP contribution < -0.4 is 10.6 Å². The molecule has 2 amide bonds. The predicted molar refractivity (Wildman–Crippen MR) is 106 cm³/mol. The van der Waals surface area contributed by atoms with E-state index < -0.39 is 0 Å². The summed E-state index contributed by atoms with van der Waals surface area (Å²) >= 11 is 1.77. The molecule has 1 aliphatic rings. The normalized spacial score (nSPS) is 15.6. The van der Waals surface area contributed by atoms with Crippen LogP contribution in [0.3, 0.4) is 0 Å². The molecule has 1 aromatic carbocycles. The van der Waals surface area contributed by atoms with E-state index in [1.807, 2.05) is 32.0 Å². The summed E-state index contributed by atoms with van der Waals surface area (Å²) in [6, 6.07) is 10.0. The van der Waals surface area contributed by atoms with Crippen molar-refractivity contribution in [2.75, 3.05) is 13.1 Å². The zero-order valence-corrected chi connectivity index (χ0v) is 16.2. The van der Waals surface area contributed by atoms with E-state index in [-0.39, 0.29) is 23.8 Å². The maximum absolute atomic E-state index is 12.3. The van der Waals surface area contributed by atoms with Crippen LogP contribution in [0.25, 0.3) is 0 Å². The lowest BCUT2D eigenvalue weighted by Gasteiger charge is -2.28. The largest absolute Gasteiger partial charge is 0.354 e. The number of rotatable bonds is 6. The van der Waals surface area contributed by atoms with Crippen molar-refractivity contribution < 1.29 is 9.59 Å². The molecular weight excluding hydrogens is 344 g/mol. The van der Waals surface area contributed by atoms with E-state index in [1.54, 1.807) is 11.3 Å². The summed E-state index contributed by atoms with van der Waals surface area (Å²) in [6.07, 6.45) is 4.64. The van der Waals surface area contributed by atoms with Gasteiger partial charge in [0, 0.05) is 22.4 Å². The fourth-order valence-corrected chi connectivity index (χ4v) is 4.70. The molecule has 1 heterocycles. The second-order valence-electron chi connectivity index (χ2n) is 7.24. The first kappa shape index (κ1) is 18.6. The van der Waals surface area contributed by atoms with Crippen molar-refractivity contribution in [2.24, 2.45) is 0 Å². The fraction of sp³-hybridized carbons (Fsp3) is 0.429. The molecule has 1 fully saturated rings. The second kappa shape index (κ2) is 8.04. The van der Waals surface area contributed by atoms with E-state index in [1.165, 1.54) is 17.7 Å². The molecular formula is C21H26N2O2S. The van der Waals surface area contributed by atoms with Gasteiger partial charge in [-0.05, 0) is 49.8 Å². The highest BCUT2D eigenvalue weighted by molar-refractivity contribution is 7.10. The Morgan fingerprint density at radius 2 is 1.88 bits per heavy atom. The number of aryl methyl sites for hydroxylation is 2. The lowest BCUT2D eigenvalue weighted by atomic mass is 9.84. The van der Waals surface area contributed by atoms with Crippen LogP contribution in [-0.4, -0.2) is 24.9 Å². The smallest absolute Gasteiger partial charge is 0.251 e. The molecule has 5 heteroatoms. The Balaban J connectivity index is 1.54. The summed E-state index contributed by atoms with van der Waals surface area (Å²) in [5.41, 5.74) is 2.64. The Morgan fingerprint density at radius 1 is 1.12 bits per heavy atom. The Kier molecular flexibility index (Phi) is 5.77. The quantitative estimate of drug-likeness (QED) is 0.814. The third-order valence-corrected chi connectivity index (χ3v) is 6.39. The molecule has 0 bridgehead atoms.